The lowest BCUT2D eigenvalue weighted by molar-refractivity contribution is 0.0595. The van der Waals surface area contributed by atoms with E-state index in [1.165, 1.54) is 12.8 Å². The minimum absolute atomic E-state index is 0.203. The molecule has 1 aromatic rings. The van der Waals surface area contributed by atoms with E-state index >= 15 is 0 Å². The maximum absolute atomic E-state index is 12.7. The Morgan fingerprint density at radius 1 is 1.18 bits per heavy atom. The van der Waals surface area contributed by atoms with E-state index < -0.39 is 0 Å². The van der Waals surface area contributed by atoms with Gasteiger partial charge in [-0.2, -0.15) is 0 Å². The fraction of sp³-hybridized carbons (Fsp3) is 0.650. The molecule has 1 aromatic carbocycles. The number of fused-ring (bicyclic) bond motifs is 1. The predicted octanol–water partition coefficient (Wildman–Crippen LogP) is 2.31. The van der Waals surface area contributed by atoms with Gasteiger partial charge >= 0.3 is 0 Å². The van der Waals surface area contributed by atoms with Crippen LogP contribution in [0.25, 0.3) is 0 Å². The molecular weight excluding hydrogens is 382 g/mol. The van der Waals surface area contributed by atoms with E-state index in [-0.39, 0.29) is 5.91 Å². The van der Waals surface area contributed by atoms with Crippen molar-refractivity contribution >= 4 is 23.2 Å². The van der Waals surface area contributed by atoms with Crippen molar-refractivity contribution in [3.63, 3.8) is 0 Å². The molecule has 0 unspecified atom stereocenters. The van der Waals surface area contributed by atoms with Gasteiger partial charge in [0.1, 0.15) is 13.2 Å². The highest BCUT2D eigenvalue weighted by Gasteiger charge is 2.27. The van der Waals surface area contributed by atoms with Crippen LogP contribution in [-0.4, -0.2) is 62.9 Å². The van der Waals surface area contributed by atoms with Gasteiger partial charge in [-0.25, -0.2) is 0 Å². The summed E-state index contributed by atoms with van der Waals surface area (Å²) < 4.78 is 16.9. The number of nitrogen functional groups attached to an aromatic ring is 1. The van der Waals surface area contributed by atoms with Crippen LogP contribution in [0.5, 0.6) is 11.5 Å². The summed E-state index contributed by atoms with van der Waals surface area (Å²) in [6, 6.07) is 1.56. The molecule has 4 rings (SSSR count). The van der Waals surface area contributed by atoms with Crippen molar-refractivity contribution in [1.82, 2.24) is 10.2 Å². The lowest BCUT2D eigenvalue weighted by Crippen LogP contribution is -2.41. The molecule has 0 bridgehead atoms. The smallest absolute Gasteiger partial charge is 0.255 e. The monoisotopic (exact) mass is 409 g/mol. The molecular formula is C20H28ClN3O4. The number of carbonyl (C=O) groups excluding carboxylic acids is 1. The molecule has 28 heavy (non-hydrogen) atoms. The van der Waals surface area contributed by atoms with Crippen LogP contribution in [0.1, 0.15) is 36.0 Å². The number of benzene rings is 1. The Bertz CT molecular complexity index is 716. The number of rotatable bonds is 5. The molecule has 3 aliphatic rings. The fourth-order valence-electron chi connectivity index (χ4n) is 4.15. The van der Waals surface area contributed by atoms with Crippen LogP contribution in [0, 0.1) is 5.92 Å². The van der Waals surface area contributed by atoms with Crippen molar-refractivity contribution in [2.24, 2.45) is 5.92 Å². The van der Waals surface area contributed by atoms with E-state index in [1.54, 1.807) is 6.07 Å². The lowest BCUT2D eigenvalue weighted by atomic mass is 9.96. The lowest BCUT2D eigenvalue weighted by Gasteiger charge is -2.33. The quantitative estimate of drug-likeness (QED) is 0.726. The Balaban J connectivity index is 1.30. The normalized spacial score (nSPS) is 23.0. The topological polar surface area (TPSA) is 86.1 Å². The number of hydrogen-bond acceptors (Lipinski definition) is 6. The zero-order chi connectivity index (χ0) is 19.5. The Labute approximate surface area is 170 Å². The highest BCUT2D eigenvalue weighted by molar-refractivity contribution is 6.34. The molecule has 2 saturated heterocycles. The number of likely N-dealkylation sites (tertiary alicyclic amines) is 1. The Kier molecular flexibility index (Phi) is 6.13. The van der Waals surface area contributed by atoms with Crippen molar-refractivity contribution in [3.05, 3.63) is 16.7 Å². The summed E-state index contributed by atoms with van der Waals surface area (Å²) in [7, 11) is 0. The second-order valence-electron chi connectivity index (χ2n) is 7.76. The number of amides is 1. The van der Waals surface area contributed by atoms with E-state index in [4.69, 9.17) is 31.5 Å². The maximum atomic E-state index is 12.7. The Morgan fingerprint density at radius 2 is 1.93 bits per heavy atom. The summed E-state index contributed by atoms with van der Waals surface area (Å²) in [5.41, 5.74) is 6.64. The standard InChI is InChI=1S/C20H28ClN3O4/c21-16-10-15(18-19(17(16)22)28-9-8-27-18)20(25)23-11-13-3-5-24(6-4-13)12-14-2-1-7-26-14/h10,13-14H,1-9,11-12,22H2,(H,23,25)/t14-/m0/s1. The fourth-order valence-corrected chi connectivity index (χ4v) is 4.34. The zero-order valence-electron chi connectivity index (χ0n) is 16.0. The minimum Gasteiger partial charge on any atom is -0.485 e. The third-order valence-electron chi connectivity index (χ3n) is 5.79. The maximum Gasteiger partial charge on any atom is 0.255 e. The van der Waals surface area contributed by atoms with Gasteiger partial charge in [0, 0.05) is 19.7 Å². The van der Waals surface area contributed by atoms with Crippen LogP contribution in [0.2, 0.25) is 5.02 Å². The molecule has 3 N–H and O–H groups in total. The number of carbonyl (C=O) groups is 1. The van der Waals surface area contributed by atoms with E-state index in [1.807, 2.05) is 0 Å². The first-order valence-electron chi connectivity index (χ1n) is 10.1. The van der Waals surface area contributed by atoms with Gasteiger partial charge in [0.2, 0.25) is 0 Å². The van der Waals surface area contributed by atoms with Gasteiger partial charge in [0.05, 0.1) is 22.4 Å². The summed E-state index contributed by atoms with van der Waals surface area (Å²) in [4.78, 5) is 15.2. The van der Waals surface area contributed by atoms with Crippen LogP contribution >= 0.6 is 11.6 Å². The molecule has 2 fully saturated rings. The van der Waals surface area contributed by atoms with Gasteiger partial charge < -0.3 is 30.2 Å². The van der Waals surface area contributed by atoms with Gasteiger partial charge in [0.25, 0.3) is 5.91 Å². The van der Waals surface area contributed by atoms with Gasteiger partial charge in [-0.1, -0.05) is 11.6 Å². The summed E-state index contributed by atoms with van der Waals surface area (Å²) >= 11 is 6.17. The summed E-state index contributed by atoms with van der Waals surface area (Å²) in [5, 5.41) is 3.34. The first-order chi connectivity index (χ1) is 13.6. The summed E-state index contributed by atoms with van der Waals surface area (Å²) in [6.07, 6.45) is 4.91. The van der Waals surface area contributed by atoms with Gasteiger partial charge in [-0.05, 0) is 50.8 Å². The average molecular weight is 410 g/mol. The largest absolute Gasteiger partial charge is 0.485 e. The molecule has 3 aliphatic heterocycles. The highest BCUT2D eigenvalue weighted by atomic mass is 35.5. The van der Waals surface area contributed by atoms with Crippen LogP contribution in [0.15, 0.2) is 6.07 Å². The molecule has 0 aromatic heterocycles. The van der Waals surface area contributed by atoms with Crippen LogP contribution in [0.3, 0.4) is 0 Å². The van der Waals surface area contributed by atoms with E-state index in [2.05, 4.69) is 10.2 Å². The molecule has 0 saturated carbocycles. The van der Waals surface area contributed by atoms with Crippen LogP contribution < -0.4 is 20.5 Å². The second kappa shape index (κ2) is 8.76. The van der Waals surface area contributed by atoms with Gasteiger partial charge in [0.15, 0.2) is 11.5 Å². The predicted molar refractivity (Wildman–Crippen MR) is 107 cm³/mol. The average Bonchev–Trinajstić information content (AvgIpc) is 3.23. The van der Waals surface area contributed by atoms with E-state index in [9.17, 15) is 4.79 Å². The van der Waals surface area contributed by atoms with Crippen LogP contribution in [-0.2, 0) is 4.74 Å². The van der Waals surface area contributed by atoms with E-state index in [0.717, 1.165) is 39.1 Å². The van der Waals surface area contributed by atoms with Gasteiger partial charge in [-0.3, -0.25) is 4.79 Å². The van der Waals surface area contributed by atoms with E-state index in [0.29, 0.717) is 59.6 Å². The van der Waals surface area contributed by atoms with Gasteiger partial charge in [-0.15, -0.1) is 0 Å². The van der Waals surface area contributed by atoms with Crippen molar-refractivity contribution < 1.29 is 19.0 Å². The number of nitrogens with zero attached hydrogens (tertiary/aromatic N) is 1. The number of ether oxygens (including phenoxy) is 3. The second-order valence-corrected chi connectivity index (χ2v) is 8.17. The minimum atomic E-state index is -0.203. The molecule has 1 amide bonds. The highest BCUT2D eigenvalue weighted by Crippen LogP contribution is 2.43. The number of nitrogens with two attached hydrogens (primary N) is 1. The Morgan fingerprint density at radius 3 is 2.64 bits per heavy atom. The Hall–Kier alpha value is -1.70. The first-order valence-corrected chi connectivity index (χ1v) is 10.5. The third-order valence-corrected chi connectivity index (χ3v) is 6.10. The number of halogens is 1. The van der Waals surface area contributed by atoms with Crippen LogP contribution in [0.4, 0.5) is 5.69 Å². The number of hydrogen-bond donors (Lipinski definition) is 2. The number of anilines is 1. The molecule has 0 radical (unpaired) electrons. The van der Waals surface area contributed by atoms with Crippen molar-refractivity contribution in [2.75, 3.05) is 51.7 Å². The zero-order valence-corrected chi connectivity index (χ0v) is 16.8. The number of piperidine rings is 1. The molecule has 1 atom stereocenters. The molecule has 3 heterocycles. The SMILES string of the molecule is Nc1c(Cl)cc(C(=O)NCC2CCN(C[C@@H]3CCCO3)CC2)c2c1OCCO2. The molecule has 8 heteroatoms. The van der Waals surface area contributed by atoms with Crippen molar-refractivity contribution in [1.29, 1.82) is 0 Å². The molecule has 0 spiro atoms. The summed E-state index contributed by atoms with van der Waals surface area (Å²) in [5.74, 6) is 1.02. The van der Waals surface area contributed by atoms with Crippen molar-refractivity contribution in [3.8, 4) is 11.5 Å². The number of nitrogens with one attached hydrogen (secondary N) is 1. The first kappa shape index (κ1) is 19.6. The molecule has 0 aliphatic carbocycles. The summed E-state index contributed by atoms with van der Waals surface area (Å²) in [6.45, 7) is 5.47. The molecule has 154 valence electrons. The third kappa shape index (κ3) is 4.31. The molecule has 7 nitrogen and oxygen atoms in total. The van der Waals surface area contributed by atoms with Crippen molar-refractivity contribution in [2.45, 2.75) is 31.8 Å².